The molecule has 5 aromatic rings. The van der Waals surface area contributed by atoms with E-state index in [-0.39, 0.29) is 5.41 Å². The van der Waals surface area contributed by atoms with Crippen molar-refractivity contribution in [3.8, 4) is 11.1 Å². The Balaban J connectivity index is 0.000000216. The van der Waals surface area contributed by atoms with Crippen LogP contribution in [-0.4, -0.2) is 0 Å². The van der Waals surface area contributed by atoms with Crippen LogP contribution in [0.1, 0.15) is 143 Å². The van der Waals surface area contributed by atoms with Crippen molar-refractivity contribution in [3.63, 3.8) is 0 Å². The van der Waals surface area contributed by atoms with Gasteiger partial charge < -0.3 is 4.90 Å². The highest BCUT2D eigenvalue weighted by Crippen LogP contribution is 2.54. The van der Waals surface area contributed by atoms with Crippen molar-refractivity contribution in [2.75, 3.05) is 4.90 Å². The predicted molar refractivity (Wildman–Crippen MR) is 233 cm³/mol. The van der Waals surface area contributed by atoms with Crippen LogP contribution in [0.3, 0.4) is 0 Å². The number of unbranched alkanes of at least 4 members (excludes halogenated alkanes) is 10. The fraction of sp³-hybridized carbons (Fsp3) is 0.423. The molecule has 0 N–H and O–H groups in total. The Labute approximate surface area is 323 Å². The van der Waals surface area contributed by atoms with Crippen LogP contribution < -0.4 is 4.90 Å². The molecule has 0 amide bonds. The quantitative estimate of drug-likeness (QED) is 0.0871. The molecule has 0 saturated heterocycles. The lowest BCUT2D eigenvalue weighted by atomic mass is 9.70. The maximum Gasteiger partial charge on any atom is 0.0493 e. The van der Waals surface area contributed by atoms with Gasteiger partial charge in [-0.1, -0.05) is 181 Å². The van der Waals surface area contributed by atoms with Gasteiger partial charge in [-0.25, -0.2) is 0 Å². The van der Waals surface area contributed by atoms with Crippen molar-refractivity contribution < 1.29 is 0 Å². The third-order valence-electron chi connectivity index (χ3n) is 11.5. The van der Waals surface area contributed by atoms with E-state index in [0.717, 1.165) is 0 Å². The molecule has 0 saturated carbocycles. The first-order chi connectivity index (χ1) is 25.8. The first kappa shape index (κ1) is 40.1. The van der Waals surface area contributed by atoms with E-state index in [9.17, 15) is 0 Å². The first-order valence-corrected chi connectivity index (χ1v) is 21.0. The molecule has 0 heterocycles. The summed E-state index contributed by atoms with van der Waals surface area (Å²) in [6.07, 6.45) is 19.2. The monoisotopic (exact) mass is 706 g/mol. The molecule has 0 bridgehead atoms. The van der Waals surface area contributed by atoms with E-state index in [1.165, 1.54) is 146 Å². The third-order valence-corrected chi connectivity index (χ3v) is 11.5. The van der Waals surface area contributed by atoms with Crippen molar-refractivity contribution in [2.45, 2.75) is 144 Å². The lowest BCUT2D eigenvalue weighted by Gasteiger charge is -2.33. The Kier molecular flexibility index (Phi) is 15.0. The van der Waals surface area contributed by atoms with E-state index < -0.39 is 0 Å². The van der Waals surface area contributed by atoms with Crippen LogP contribution in [0.2, 0.25) is 0 Å². The minimum absolute atomic E-state index is 0.234. The Morgan fingerprint density at radius 2 is 0.887 bits per heavy atom. The van der Waals surface area contributed by atoms with Crippen LogP contribution in [0, 0.1) is 34.6 Å². The van der Waals surface area contributed by atoms with Gasteiger partial charge in [-0.05, 0) is 117 Å². The van der Waals surface area contributed by atoms with E-state index >= 15 is 0 Å². The van der Waals surface area contributed by atoms with E-state index in [4.69, 9.17) is 0 Å². The van der Waals surface area contributed by atoms with E-state index in [1.54, 1.807) is 11.1 Å². The fourth-order valence-electron chi connectivity index (χ4n) is 8.53. The minimum atomic E-state index is 0.234. The van der Waals surface area contributed by atoms with Crippen molar-refractivity contribution in [2.24, 2.45) is 0 Å². The molecule has 0 fully saturated rings. The van der Waals surface area contributed by atoms with Gasteiger partial charge in [-0.15, -0.1) is 0 Å². The molecule has 53 heavy (non-hydrogen) atoms. The van der Waals surface area contributed by atoms with Gasteiger partial charge in [0.2, 0.25) is 0 Å². The zero-order valence-corrected chi connectivity index (χ0v) is 34.2. The molecule has 280 valence electrons. The van der Waals surface area contributed by atoms with Gasteiger partial charge in [0.15, 0.2) is 0 Å². The summed E-state index contributed by atoms with van der Waals surface area (Å²) in [6.45, 7) is 15.6. The number of rotatable bonds is 17. The van der Waals surface area contributed by atoms with Gasteiger partial charge in [0, 0.05) is 22.5 Å². The van der Waals surface area contributed by atoms with Crippen LogP contribution in [-0.2, 0) is 5.41 Å². The molecule has 0 aromatic heterocycles. The summed E-state index contributed by atoms with van der Waals surface area (Å²) in [4.78, 5) is 2.33. The summed E-state index contributed by atoms with van der Waals surface area (Å²) in [7, 11) is 0. The molecule has 5 aromatic carbocycles. The van der Waals surface area contributed by atoms with Crippen molar-refractivity contribution in [1.29, 1.82) is 0 Å². The molecule has 1 nitrogen and oxygen atoms in total. The third kappa shape index (κ3) is 10.3. The number of nitrogens with zero attached hydrogens (tertiary/aromatic N) is 1. The number of fused-ring (bicyclic) bond motifs is 3. The zero-order valence-electron chi connectivity index (χ0n) is 34.2. The van der Waals surface area contributed by atoms with Gasteiger partial charge in [0.05, 0.1) is 0 Å². The topological polar surface area (TPSA) is 3.24 Å². The standard InChI is InChI=1S/C31H46.C21H21N/c1-5-7-9-11-13-15-21-31(22-16-14-12-10-8-6-2)29-23-25(3)17-19-27(29)28-20-18-26(4)24-30(28)31;1-16-8-7-11-20(14-16)22(19-9-5-4-6-10-19)21-15-17(2)12-13-18(21)3/h17-20,23-24H,5-16,21-22H2,1-4H3;4-15H,1-3H3. The SMILES string of the molecule is CCCCCCCCC1(CCCCCCCC)c2cc(C)ccc2-c2ccc(C)cc21.Cc1cccc(N(c2ccccc2)c2cc(C)ccc2C)c1. The number of aryl methyl sites for hydroxylation is 5. The second kappa shape index (κ2) is 19.8. The van der Waals surface area contributed by atoms with E-state index in [1.807, 2.05) is 0 Å². The van der Waals surface area contributed by atoms with Crippen LogP contribution in [0.25, 0.3) is 11.1 Å². The molecule has 0 spiro atoms. The van der Waals surface area contributed by atoms with Crippen LogP contribution >= 0.6 is 0 Å². The van der Waals surface area contributed by atoms with Gasteiger partial charge in [-0.3, -0.25) is 0 Å². The van der Waals surface area contributed by atoms with Crippen molar-refractivity contribution in [3.05, 3.63) is 148 Å². The summed E-state index contributed by atoms with van der Waals surface area (Å²) < 4.78 is 0. The van der Waals surface area contributed by atoms with Gasteiger partial charge in [0.25, 0.3) is 0 Å². The maximum absolute atomic E-state index is 2.53. The summed E-state index contributed by atoms with van der Waals surface area (Å²) in [6, 6.07) is 40.3. The average molecular weight is 706 g/mol. The smallest absolute Gasteiger partial charge is 0.0493 e. The molecule has 1 aliphatic rings. The lowest BCUT2D eigenvalue weighted by Crippen LogP contribution is -2.25. The fourth-order valence-corrected chi connectivity index (χ4v) is 8.53. The van der Waals surface area contributed by atoms with Crippen LogP contribution in [0.4, 0.5) is 17.1 Å². The molecular formula is C52H67N. The normalized spacial score (nSPS) is 12.5. The number of para-hydroxylation sites is 1. The Hall–Kier alpha value is -4.10. The number of hydrogen-bond donors (Lipinski definition) is 0. The van der Waals surface area contributed by atoms with Crippen molar-refractivity contribution in [1.82, 2.24) is 0 Å². The molecule has 1 aliphatic carbocycles. The molecular weight excluding hydrogens is 639 g/mol. The van der Waals surface area contributed by atoms with Gasteiger partial charge >= 0.3 is 0 Å². The Bertz CT molecular complexity index is 1790. The zero-order chi connectivity index (χ0) is 37.6. The summed E-state index contributed by atoms with van der Waals surface area (Å²) >= 11 is 0. The summed E-state index contributed by atoms with van der Waals surface area (Å²) in [5.41, 5.74) is 16.8. The summed E-state index contributed by atoms with van der Waals surface area (Å²) in [5.74, 6) is 0. The molecule has 6 rings (SSSR count). The second-order valence-electron chi connectivity index (χ2n) is 16.0. The number of anilines is 3. The van der Waals surface area contributed by atoms with Gasteiger partial charge in [0.1, 0.15) is 0 Å². The molecule has 1 heteroatoms. The summed E-state index contributed by atoms with van der Waals surface area (Å²) in [5, 5.41) is 0. The predicted octanol–water partition coefficient (Wildman–Crippen LogP) is 16.2. The van der Waals surface area contributed by atoms with Crippen molar-refractivity contribution >= 4 is 17.1 Å². The molecule has 0 atom stereocenters. The largest absolute Gasteiger partial charge is 0.310 e. The molecule has 0 aliphatic heterocycles. The molecule has 0 radical (unpaired) electrons. The van der Waals surface area contributed by atoms with E-state index in [0.29, 0.717) is 0 Å². The molecule has 0 unspecified atom stereocenters. The Morgan fingerprint density at radius 1 is 0.415 bits per heavy atom. The Morgan fingerprint density at radius 3 is 1.43 bits per heavy atom. The van der Waals surface area contributed by atoms with Gasteiger partial charge in [-0.2, -0.15) is 0 Å². The maximum atomic E-state index is 2.53. The first-order valence-electron chi connectivity index (χ1n) is 21.0. The number of benzene rings is 5. The average Bonchev–Trinajstić information content (AvgIpc) is 3.41. The highest BCUT2D eigenvalue weighted by atomic mass is 15.1. The minimum Gasteiger partial charge on any atom is -0.310 e. The highest BCUT2D eigenvalue weighted by Gasteiger charge is 2.42. The second-order valence-corrected chi connectivity index (χ2v) is 16.0. The van der Waals surface area contributed by atoms with Crippen LogP contribution in [0.5, 0.6) is 0 Å². The number of hydrogen-bond acceptors (Lipinski definition) is 1. The van der Waals surface area contributed by atoms with Crippen LogP contribution in [0.15, 0.2) is 109 Å². The highest BCUT2D eigenvalue weighted by molar-refractivity contribution is 5.82. The lowest BCUT2D eigenvalue weighted by molar-refractivity contribution is 0.397. The van der Waals surface area contributed by atoms with E-state index in [2.05, 4.69) is 163 Å².